The molecule has 2 heterocycles. The summed E-state index contributed by atoms with van der Waals surface area (Å²) >= 11 is 3.50. The molecule has 0 spiro atoms. The second-order valence-corrected chi connectivity index (χ2v) is 7.50. The summed E-state index contributed by atoms with van der Waals surface area (Å²) in [5.74, 6) is 0.566. The SMILES string of the molecule is O=C(/C=C/c1ccc(-c2ccccc2Br)o1)c1ccc(N2CCOCC2)c(F)c1. The highest BCUT2D eigenvalue weighted by Crippen LogP contribution is 2.29. The Morgan fingerprint density at radius 3 is 2.62 bits per heavy atom. The van der Waals surface area contributed by atoms with Crippen molar-refractivity contribution in [2.24, 2.45) is 0 Å². The number of carbonyl (C=O) groups is 1. The van der Waals surface area contributed by atoms with Gasteiger partial charge >= 0.3 is 0 Å². The molecule has 0 unspecified atom stereocenters. The minimum absolute atomic E-state index is 0.281. The molecular weight excluding hydrogens is 437 g/mol. The van der Waals surface area contributed by atoms with Gasteiger partial charge in [0.25, 0.3) is 0 Å². The standard InChI is InChI=1S/C23H19BrFNO3/c24-19-4-2-1-3-18(19)23-10-7-17(29-23)6-9-22(27)16-5-8-21(20(25)15-16)26-11-13-28-14-12-26/h1-10,15H,11-14H2/b9-6+. The predicted molar refractivity (Wildman–Crippen MR) is 115 cm³/mol. The van der Waals surface area contributed by atoms with Crippen molar-refractivity contribution in [3.63, 3.8) is 0 Å². The topological polar surface area (TPSA) is 42.7 Å². The minimum Gasteiger partial charge on any atom is -0.457 e. The van der Waals surface area contributed by atoms with E-state index in [-0.39, 0.29) is 5.78 Å². The lowest BCUT2D eigenvalue weighted by molar-refractivity contribution is 0.104. The van der Waals surface area contributed by atoms with Crippen LogP contribution in [0.4, 0.5) is 10.1 Å². The van der Waals surface area contributed by atoms with Gasteiger partial charge in [-0.15, -0.1) is 0 Å². The number of ketones is 1. The molecule has 0 atom stereocenters. The number of anilines is 1. The molecular formula is C23H19BrFNO3. The van der Waals surface area contributed by atoms with Crippen LogP contribution in [0.5, 0.6) is 0 Å². The fraction of sp³-hybridized carbons (Fsp3) is 0.174. The zero-order valence-corrected chi connectivity index (χ0v) is 17.2. The second kappa shape index (κ2) is 8.76. The van der Waals surface area contributed by atoms with Crippen molar-refractivity contribution in [3.8, 4) is 11.3 Å². The van der Waals surface area contributed by atoms with Crippen LogP contribution < -0.4 is 4.90 Å². The summed E-state index contributed by atoms with van der Waals surface area (Å²) in [6.45, 7) is 2.44. The molecule has 2 aromatic carbocycles. The predicted octanol–water partition coefficient (Wildman–Crippen LogP) is 5.58. The van der Waals surface area contributed by atoms with Crippen LogP contribution in [0.25, 0.3) is 17.4 Å². The molecule has 6 heteroatoms. The summed E-state index contributed by atoms with van der Waals surface area (Å²) in [6.07, 6.45) is 2.99. The second-order valence-electron chi connectivity index (χ2n) is 6.65. The Labute approximate surface area is 176 Å². The summed E-state index contributed by atoms with van der Waals surface area (Å²) < 4.78 is 26.5. The fourth-order valence-electron chi connectivity index (χ4n) is 3.22. The number of furan rings is 1. The first kappa shape index (κ1) is 19.6. The molecule has 0 saturated carbocycles. The lowest BCUT2D eigenvalue weighted by atomic mass is 10.1. The highest BCUT2D eigenvalue weighted by atomic mass is 79.9. The molecule has 0 bridgehead atoms. The molecule has 148 valence electrons. The third-order valence-electron chi connectivity index (χ3n) is 4.75. The van der Waals surface area contributed by atoms with Crippen molar-refractivity contribution >= 4 is 33.5 Å². The third kappa shape index (κ3) is 4.49. The first-order chi connectivity index (χ1) is 14.1. The van der Waals surface area contributed by atoms with Gasteiger partial charge in [0.2, 0.25) is 0 Å². The molecule has 0 N–H and O–H groups in total. The summed E-state index contributed by atoms with van der Waals surface area (Å²) in [5.41, 5.74) is 1.73. The summed E-state index contributed by atoms with van der Waals surface area (Å²) in [6, 6.07) is 16.0. The highest BCUT2D eigenvalue weighted by Gasteiger charge is 2.16. The van der Waals surface area contributed by atoms with Crippen molar-refractivity contribution in [1.82, 2.24) is 0 Å². The average Bonchev–Trinajstić information content (AvgIpc) is 3.21. The van der Waals surface area contributed by atoms with Crippen LogP contribution in [0, 0.1) is 5.82 Å². The molecule has 1 aromatic heterocycles. The van der Waals surface area contributed by atoms with E-state index in [9.17, 15) is 9.18 Å². The van der Waals surface area contributed by atoms with Crippen molar-refractivity contribution < 1.29 is 18.3 Å². The average molecular weight is 456 g/mol. The van der Waals surface area contributed by atoms with E-state index >= 15 is 0 Å². The Bertz CT molecular complexity index is 1050. The van der Waals surface area contributed by atoms with E-state index in [0.717, 1.165) is 10.0 Å². The number of rotatable bonds is 5. The van der Waals surface area contributed by atoms with Gasteiger partial charge in [0.1, 0.15) is 17.3 Å². The Balaban J connectivity index is 1.47. The number of ether oxygens (including phenoxy) is 1. The van der Waals surface area contributed by atoms with E-state index in [2.05, 4.69) is 15.9 Å². The number of hydrogen-bond acceptors (Lipinski definition) is 4. The Kier molecular flexibility index (Phi) is 5.92. The molecule has 29 heavy (non-hydrogen) atoms. The third-order valence-corrected chi connectivity index (χ3v) is 5.44. The Morgan fingerprint density at radius 2 is 1.86 bits per heavy atom. The van der Waals surface area contributed by atoms with Crippen LogP contribution in [0.2, 0.25) is 0 Å². The smallest absolute Gasteiger partial charge is 0.186 e. The fourth-order valence-corrected chi connectivity index (χ4v) is 3.70. The van der Waals surface area contributed by atoms with Crippen molar-refractivity contribution in [2.75, 3.05) is 31.2 Å². The number of halogens is 2. The van der Waals surface area contributed by atoms with Crippen LogP contribution in [0.1, 0.15) is 16.1 Å². The quantitative estimate of drug-likeness (QED) is 0.371. The maximum atomic E-state index is 14.5. The first-order valence-corrected chi connectivity index (χ1v) is 10.1. The molecule has 4 rings (SSSR count). The molecule has 1 aliphatic heterocycles. The van der Waals surface area contributed by atoms with Gasteiger partial charge in [-0.2, -0.15) is 0 Å². The van der Waals surface area contributed by atoms with Gasteiger partial charge in [0.15, 0.2) is 5.78 Å². The molecule has 0 amide bonds. The van der Waals surface area contributed by atoms with E-state index in [1.165, 1.54) is 12.1 Å². The van der Waals surface area contributed by atoms with Gasteiger partial charge in [-0.05, 0) is 48.6 Å². The number of allylic oxidation sites excluding steroid dienone is 1. The maximum absolute atomic E-state index is 14.5. The molecule has 0 radical (unpaired) electrons. The van der Waals surface area contributed by atoms with E-state index in [1.807, 2.05) is 35.2 Å². The van der Waals surface area contributed by atoms with E-state index < -0.39 is 5.82 Å². The summed E-state index contributed by atoms with van der Waals surface area (Å²) in [5, 5.41) is 0. The Hall–Kier alpha value is -2.70. The van der Waals surface area contributed by atoms with Crippen molar-refractivity contribution in [3.05, 3.63) is 82.3 Å². The lowest BCUT2D eigenvalue weighted by Crippen LogP contribution is -2.36. The Morgan fingerprint density at radius 1 is 1.07 bits per heavy atom. The first-order valence-electron chi connectivity index (χ1n) is 9.31. The van der Waals surface area contributed by atoms with Crippen molar-refractivity contribution in [2.45, 2.75) is 0 Å². The summed E-state index contributed by atoms with van der Waals surface area (Å²) in [4.78, 5) is 14.4. The summed E-state index contributed by atoms with van der Waals surface area (Å²) in [7, 11) is 0. The zero-order chi connectivity index (χ0) is 20.2. The largest absolute Gasteiger partial charge is 0.457 e. The lowest BCUT2D eigenvalue weighted by Gasteiger charge is -2.29. The van der Waals surface area contributed by atoms with Crippen LogP contribution in [-0.4, -0.2) is 32.1 Å². The number of carbonyl (C=O) groups excluding carboxylic acids is 1. The molecule has 1 aliphatic rings. The van der Waals surface area contributed by atoms with E-state index in [4.69, 9.17) is 9.15 Å². The van der Waals surface area contributed by atoms with Gasteiger partial charge < -0.3 is 14.1 Å². The normalized spacial score (nSPS) is 14.5. The molecule has 1 saturated heterocycles. The van der Waals surface area contributed by atoms with Crippen LogP contribution >= 0.6 is 15.9 Å². The number of hydrogen-bond donors (Lipinski definition) is 0. The maximum Gasteiger partial charge on any atom is 0.186 e. The van der Waals surface area contributed by atoms with Gasteiger partial charge in [-0.25, -0.2) is 4.39 Å². The minimum atomic E-state index is -0.402. The highest BCUT2D eigenvalue weighted by molar-refractivity contribution is 9.10. The van der Waals surface area contributed by atoms with Gasteiger partial charge in [-0.1, -0.05) is 34.1 Å². The van der Waals surface area contributed by atoms with E-state index in [0.29, 0.717) is 49.1 Å². The number of benzene rings is 2. The zero-order valence-electron chi connectivity index (χ0n) is 15.6. The van der Waals surface area contributed by atoms with Gasteiger partial charge in [0.05, 0.1) is 18.9 Å². The number of nitrogens with zero attached hydrogens (tertiary/aromatic N) is 1. The van der Waals surface area contributed by atoms with Crippen molar-refractivity contribution in [1.29, 1.82) is 0 Å². The van der Waals surface area contributed by atoms with Crippen LogP contribution in [-0.2, 0) is 4.74 Å². The molecule has 4 nitrogen and oxygen atoms in total. The number of morpholine rings is 1. The van der Waals surface area contributed by atoms with Crippen LogP contribution in [0.15, 0.2) is 69.6 Å². The van der Waals surface area contributed by atoms with E-state index in [1.54, 1.807) is 24.3 Å². The molecule has 1 fully saturated rings. The molecule has 3 aromatic rings. The van der Waals surface area contributed by atoms with Crippen LogP contribution in [0.3, 0.4) is 0 Å². The monoisotopic (exact) mass is 455 g/mol. The van der Waals surface area contributed by atoms with Gasteiger partial charge in [0, 0.05) is 28.7 Å². The molecule has 0 aliphatic carbocycles. The van der Waals surface area contributed by atoms with Gasteiger partial charge in [-0.3, -0.25) is 4.79 Å².